The van der Waals surface area contributed by atoms with Crippen molar-refractivity contribution in [2.45, 2.75) is 30.2 Å². The van der Waals surface area contributed by atoms with Crippen LogP contribution in [0.3, 0.4) is 0 Å². The zero-order valence-electron chi connectivity index (χ0n) is 12.1. The molecular weight excluding hydrogens is 292 g/mol. The summed E-state index contributed by atoms with van der Waals surface area (Å²) in [7, 11) is 1.94. The number of nitrogens with zero attached hydrogens (tertiary/aromatic N) is 1. The van der Waals surface area contributed by atoms with Crippen molar-refractivity contribution >= 4 is 30.1 Å². The van der Waals surface area contributed by atoms with Gasteiger partial charge in [0.1, 0.15) is 0 Å². The van der Waals surface area contributed by atoms with Gasteiger partial charge < -0.3 is 10.2 Å². The molecule has 1 aliphatic heterocycles. The highest BCUT2D eigenvalue weighted by atomic mass is 35.5. The molecule has 1 aromatic carbocycles. The molecule has 0 radical (unpaired) electrons. The maximum atomic E-state index is 12.6. The predicted octanol–water partition coefficient (Wildman–Crippen LogP) is 3.04. The first-order chi connectivity index (χ1) is 9.24. The highest BCUT2D eigenvalue weighted by Gasteiger charge is 2.23. The summed E-state index contributed by atoms with van der Waals surface area (Å²) in [6, 6.07) is 8.23. The molecule has 1 atom stereocenters. The lowest BCUT2D eigenvalue weighted by Gasteiger charge is -2.27. The molecule has 2 rings (SSSR count). The van der Waals surface area contributed by atoms with Crippen molar-refractivity contribution in [3.63, 3.8) is 0 Å². The first-order valence-electron chi connectivity index (χ1n) is 6.85. The molecule has 0 aromatic heterocycles. The summed E-state index contributed by atoms with van der Waals surface area (Å²) in [4.78, 5) is 15.6. The van der Waals surface area contributed by atoms with E-state index in [-0.39, 0.29) is 18.3 Å². The van der Waals surface area contributed by atoms with Crippen molar-refractivity contribution in [2.75, 3.05) is 26.4 Å². The zero-order valence-corrected chi connectivity index (χ0v) is 13.7. The molecule has 5 heteroatoms. The minimum atomic E-state index is 0. The van der Waals surface area contributed by atoms with Crippen LogP contribution in [-0.2, 0) is 0 Å². The number of thioether (sulfide) groups is 1. The molecule has 0 bridgehead atoms. The highest BCUT2D eigenvalue weighted by molar-refractivity contribution is 7.98. The number of hydrogen-bond acceptors (Lipinski definition) is 3. The van der Waals surface area contributed by atoms with Gasteiger partial charge >= 0.3 is 0 Å². The number of nitrogens with one attached hydrogen (secondary N) is 1. The number of halogens is 1. The number of hydrogen-bond donors (Lipinski definition) is 1. The molecule has 1 saturated heterocycles. The summed E-state index contributed by atoms with van der Waals surface area (Å²) in [6.07, 6.45) is 5.30. The summed E-state index contributed by atoms with van der Waals surface area (Å²) >= 11 is 1.63. The van der Waals surface area contributed by atoms with Crippen molar-refractivity contribution in [1.82, 2.24) is 10.2 Å². The van der Waals surface area contributed by atoms with Crippen LogP contribution in [0.1, 0.15) is 29.6 Å². The lowest BCUT2D eigenvalue weighted by atomic mass is 10.1. The zero-order chi connectivity index (χ0) is 13.7. The largest absolute Gasteiger partial charge is 0.339 e. The quantitative estimate of drug-likeness (QED) is 0.870. The van der Waals surface area contributed by atoms with Crippen molar-refractivity contribution in [1.29, 1.82) is 0 Å². The smallest absolute Gasteiger partial charge is 0.254 e. The Kier molecular flexibility index (Phi) is 7.41. The standard InChI is InChI=1S/C15H22N2OS.ClH/c1-17(12-6-5-10-16-11-9-12)15(18)13-7-3-4-8-14(13)19-2;/h3-4,7-8,12,16H,5-6,9-11H2,1-2H3;1H. The molecule has 20 heavy (non-hydrogen) atoms. The third-order valence-electron chi connectivity index (χ3n) is 3.75. The van der Waals surface area contributed by atoms with Crippen LogP contribution < -0.4 is 5.32 Å². The van der Waals surface area contributed by atoms with Crippen molar-refractivity contribution < 1.29 is 4.79 Å². The van der Waals surface area contributed by atoms with Gasteiger partial charge in [-0.1, -0.05) is 12.1 Å². The van der Waals surface area contributed by atoms with Gasteiger partial charge in [-0.25, -0.2) is 0 Å². The summed E-state index contributed by atoms with van der Waals surface area (Å²) in [5, 5.41) is 3.39. The van der Waals surface area contributed by atoms with Gasteiger partial charge in [0, 0.05) is 18.0 Å². The Labute approximate surface area is 131 Å². The summed E-state index contributed by atoms with van der Waals surface area (Å²) in [5.74, 6) is 0.150. The monoisotopic (exact) mass is 314 g/mol. The van der Waals surface area contributed by atoms with E-state index < -0.39 is 0 Å². The van der Waals surface area contributed by atoms with Crippen molar-refractivity contribution in [3.05, 3.63) is 29.8 Å². The molecule has 1 fully saturated rings. The number of rotatable bonds is 3. The number of carbonyl (C=O) groups is 1. The van der Waals surface area contributed by atoms with Gasteiger partial charge in [0.25, 0.3) is 5.91 Å². The highest BCUT2D eigenvalue weighted by Crippen LogP contribution is 2.23. The van der Waals surface area contributed by atoms with E-state index in [1.54, 1.807) is 11.8 Å². The lowest BCUT2D eigenvalue weighted by Crippen LogP contribution is -2.37. The van der Waals surface area contributed by atoms with Crippen LogP contribution in [0.2, 0.25) is 0 Å². The van der Waals surface area contributed by atoms with Crippen LogP contribution in [0.5, 0.6) is 0 Å². The van der Waals surface area contributed by atoms with Gasteiger partial charge in [0.05, 0.1) is 5.56 Å². The van der Waals surface area contributed by atoms with Crippen LogP contribution >= 0.6 is 24.2 Å². The van der Waals surface area contributed by atoms with E-state index in [9.17, 15) is 4.79 Å². The molecule has 1 aliphatic rings. The van der Waals surface area contributed by atoms with Gasteiger partial charge in [0.2, 0.25) is 0 Å². The minimum Gasteiger partial charge on any atom is -0.339 e. The average molecular weight is 315 g/mol. The van der Waals surface area contributed by atoms with Crippen LogP contribution in [0.15, 0.2) is 29.2 Å². The third-order valence-corrected chi connectivity index (χ3v) is 4.55. The molecule has 1 unspecified atom stereocenters. The molecule has 1 heterocycles. The Morgan fingerprint density at radius 1 is 1.30 bits per heavy atom. The fraction of sp³-hybridized carbons (Fsp3) is 0.533. The van der Waals surface area contributed by atoms with Crippen LogP contribution in [-0.4, -0.2) is 43.2 Å². The molecule has 112 valence electrons. The SMILES string of the molecule is CSc1ccccc1C(=O)N(C)C1CCCNCC1.Cl. The minimum absolute atomic E-state index is 0. The Morgan fingerprint density at radius 2 is 2.05 bits per heavy atom. The van der Waals surface area contributed by atoms with Gasteiger partial charge in [-0.05, 0) is 50.7 Å². The summed E-state index contributed by atoms with van der Waals surface area (Å²) in [5.41, 5.74) is 0.828. The normalized spacial score (nSPS) is 18.8. The number of benzene rings is 1. The van der Waals surface area contributed by atoms with Gasteiger partial charge in [-0.2, -0.15) is 0 Å². The molecule has 1 amide bonds. The second-order valence-corrected chi connectivity index (χ2v) is 5.80. The molecule has 1 aromatic rings. The lowest BCUT2D eigenvalue weighted by molar-refractivity contribution is 0.0717. The van der Waals surface area contributed by atoms with E-state index in [1.165, 1.54) is 0 Å². The topological polar surface area (TPSA) is 32.3 Å². The third kappa shape index (κ3) is 4.14. The average Bonchev–Trinajstić information content (AvgIpc) is 2.74. The Hall–Kier alpha value is -0.710. The number of amides is 1. The molecule has 0 saturated carbocycles. The fourth-order valence-corrected chi connectivity index (χ4v) is 3.16. The maximum Gasteiger partial charge on any atom is 0.254 e. The van der Waals surface area contributed by atoms with E-state index >= 15 is 0 Å². The number of carbonyl (C=O) groups excluding carboxylic acids is 1. The Balaban J connectivity index is 0.00000200. The molecule has 0 aliphatic carbocycles. The van der Waals surface area contributed by atoms with Crippen molar-refractivity contribution in [3.8, 4) is 0 Å². The van der Waals surface area contributed by atoms with E-state index in [2.05, 4.69) is 5.32 Å². The van der Waals surface area contributed by atoms with E-state index in [1.807, 2.05) is 42.5 Å². The first kappa shape index (κ1) is 17.3. The second kappa shape index (κ2) is 8.55. The van der Waals surface area contributed by atoms with E-state index in [0.29, 0.717) is 6.04 Å². The van der Waals surface area contributed by atoms with Crippen LogP contribution in [0, 0.1) is 0 Å². The van der Waals surface area contributed by atoms with Crippen LogP contribution in [0.4, 0.5) is 0 Å². The van der Waals surface area contributed by atoms with E-state index in [4.69, 9.17) is 0 Å². The first-order valence-corrected chi connectivity index (χ1v) is 8.07. The molecular formula is C15H23ClN2OS. The second-order valence-electron chi connectivity index (χ2n) is 4.95. The predicted molar refractivity (Wildman–Crippen MR) is 88.1 cm³/mol. The van der Waals surface area contributed by atoms with Gasteiger partial charge in [-0.3, -0.25) is 4.79 Å². The Bertz CT molecular complexity index is 434. The van der Waals surface area contributed by atoms with Crippen molar-refractivity contribution in [2.24, 2.45) is 0 Å². The summed E-state index contributed by atoms with van der Waals surface area (Å²) < 4.78 is 0. The van der Waals surface area contributed by atoms with E-state index in [0.717, 1.165) is 42.8 Å². The van der Waals surface area contributed by atoms with Gasteiger partial charge in [0.15, 0.2) is 0 Å². The fourth-order valence-electron chi connectivity index (χ4n) is 2.57. The van der Waals surface area contributed by atoms with Crippen LogP contribution in [0.25, 0.3) is 0 Å². The molecule has 3 nitrogen and oxygen atoms in total. The molecule has 1 N–H and O–H groups in total. The molecule has 0 spiro atoms. The maximum absolute atomic E-state index is 12.6. The Morgan fingerprint density at radius 3 is 2.80 bits per heavy atom. The summed E-state index contributed by atoms with van der Waals surface area (Å²) in [6.45, 7) is 2.08. The van der Waals surface area contributed by atoms with Gasteiger partial charge in [-0.15, -0.1) is 24.2 Å².